The molecule has 3 heterocycles. The first kappa shape index (κ1) is 21.1. The van der Waals surface area contributed by atoms with Crippen LogP contribution in [0.25, 0.3) is 0 Å². The summed E-state index contributed by atoms with van der Waals surface area (Å²) in [4.78, 5) is 41.7. The number of amides is 3. The Kier molecular flexibility index (Phi) is 5.08. The highest BCUT2D eigenvalue weighted by molar-refractivity contribution is 6.30. The molecule has 3 N–H and O–H groups in total. The third-order valence-electron chi connectivity index (χ3n) is 6.94. The minimum Gasteiger partial charge on any atom is -0.387 e. The third-order valence-corrected chi connectivity index (χ3v) is 7.19. The van der Waals surface area contributed by atoms with Crippen LogP contribution >= 0.6 is 11.6 Å². The van der Waals surface area contributed by atoms with Crippen molar-refractivity contribution < 1.29 is 19.5 Å². The van der Waals surface area contributed by atoms with E-state index in [9.17, 15) is 19.5 Å². The SMILES string of the molecule is CCCCN1C(=O)[C@H]2[C@@H]([C@H](O)c3ccc(Cl)cc3)N[C@@]3(C(=O)Nc4ccccc43)[C@H]2C1=O. The highest BCUT2D eigenvalue weighted by Gasteiger charge is 2.71. The molecule has 8 heteroatoms. The molecular weight excluding hydrogens is 430 g/mol. The first-order valence-electron chi connectivity index (χ1n) is 10.9. The van der Waals surface area contributed by atoms with Gasteiger partial charge in [-0.25, -0.2) is 0 Å². The number of likely N-dealkylation sites (tertiary alicyclic amines) is 1. The van der Waals surface area contributed by atoms with Gasteiger partial charge in [0.25, 0.3) is 0 Å². The fraction of sp³-hybridized carbons (Fsp3) is 0.375. The van der Waals surface area contributed by atoms with E-state index in [1.54, 1.807) is 48.5 Å². The number of unbranched alkanes of at least 4 members (excludes halogenated alkanes) is 1. The number of aliphatic hydroxyl groups is 1. The van der Waals surface area contributed by atoms with E-state index in [-0.39, 0.29) is 17.7 Å². The zero-order valence-corrected chi connectivity index (χ0v) is 18.3. The monoisotopic (exact) mass is 453 g/mol. The summed E-state index contributed by atoms with van der Waals surface area (Å²) in [6.45, 7) is 2.30. The van der Waals surface area contributed by atoms with Crippen LogP contribution < -0.4 is 10.6 Å². The van der Waals surface area contributed by atoms with Gasteiger partial charge in [-0.1, -0.05) is 55.3 Å². The number of anilines is 1. The molecule has 7 nitrogen and oxygen atoms in total. The Balaban J connectivity index is 1.63. The number of benzene rings is 2. The average Bonchev–Trinajstić information content (AvgIpc) is 3.38. The summed E-state index contributed by atoms with van der Waals surface area (Å²) < 4.78 is 0. The van der Waals surface area contributed by atoms with Crippen molar-refractivity contribution in [3.8, 4) is 0 Å². The van der Waals surface area contributed by atoms with Crippen molar-refractivity contribution in [3.63, 3.8) is 0 Å². The second-order valence-electron chi connectivity index (χ2n) is 8.66. The smallest absolute Gasteiger partial charge is 0.250 e. The predicted molar refractivity (Wildman–Crippen MR) is 119 cm³/mol. The molecule has 3 aliphatic heterocycles. The van der Waals surface area contributed by atoms with Gasteiger partial charge in [-0.15, -0.1) is 0 Å². The molecule has 0 aliphatic carbocycles. The fourth-order valence-corrected chi connectivity index (χ4v) is 5.55. The van der Waals surface area contributed by atoms with Crippen molar-refractivity contribution in [2.24, 2.45) is 11.8 Å². The van der Waals surface area contributed by atoms with Crippen molar-refractivity contribution >= 4 is 35.0 Å². The summed E-state index contributed by atoms with van der Waals surface area (Å²) in [6.07, 6.45) is 0.406. The fourth-order valence-electron chi connectivity index (χ4n) is 5.42. The summed E-state index contributed by atoms with van der Waals surface area (Å²) in [5, 5.41) is 17.9. The Bertz CT molecular complexity index is 1100. The Morgan fingerprint density at radius 2 is 1.81 bits per heavy atom. The van der Waals surface area contributed by atoms with Crippen LogP contribution in [-0.4, -0.2) is 40.3 Å². The summed E-state index contributed by atoms with van der Waals surface area (Å²) in [7, 11) is 0. The number of rotatable bonds is 5. The quantitative estimate of drug-likeness (QED) is 0.604. The molecule has 0 unspecified atom stereocenters. The highest BCUT2D eigenvalue weighted by atomic mass is 35.5. The number of nitrogens with one attached hydrogen (secondary N) is 2. The largest absolute Gasteiger partial charge is 0.387 e. The first-order valence-corrected chi connectivity index (χ1v) is 11.3. The lowest BCUT2D eigenvalue weighted by atomic mass is 9.76. The number of halogens is 1. The van der Waals surface area contributed by atoms with Gasteiger partial charge in [0.1, 0.15) is 5.54 Å². The maximum Gasteiger partial charge on any atom is 0.250 e. The maximum absolute atomic E-state index is 13.6. The molecule has 1 spiro atoms. The van der Waals surface area contributed by atoms with Gasteiger partial charge < -0.3 is 10.4 Å². The van der Waals surface area contributed by atoms with Gasteiger partial charge in [-0.05, 0) is 30.2 Å². The standard InChI is InChI=1S/C24H24ClN3O4/c1-2-3-12-28-21(30)17-18(22(28)31)24(15-6-4-5-7-16(15)26-23(24)32)27-19(17)20(29)13-8-10-14(25)11-9-13/h4-11,17-20,27,29H,2-3,12H2,1H3,(H,26,32)/t17-,18-,19+,20-,24-/m1/s1. The molecule has 0 aromatic heterocycles. The topological polar surface area (TPSA) is 98.7 Å². The van der Waals surface area contributed by atoms with Crippen molar-refractivity contribution in [1.29, 1.82) is 0 Å². The van der Waals surface area contributed by atoms with Gasteiger partial charge in [0, 0.05) is 22.8 Å². The first-order chi connectivity index (χ1) is 15.4. The van der Waals surface area contributed by atoms with Gasteiger partial charge in [-0.2, -0.15) is 0 Å². The third kappa shape index (κ3) is 2.85. The van der Waals surface area contributed by atoms with Crippen LogP contribution in [0.5, 0.6) is 0 Å². The summed E-state index contributed by atoms with van der Waals surface area (Å²) in [5.41, 5.74) is 0.385. The molecule has 0 saturated carbocycles. The Hall–Kier alpha value is -2.74. The van der Waals surface area contributed by atoms with E-state index in [1.807, 2.05) is 6.92 Å². The Labute approximate surface area is 190 Å². The molecule has 0 radical (unpaired) electrons. The van der Waals surface area contributed by atoms with Crippen molar-refractivity contribution in [1.82, 2.24) is 10.2 Å². The van der Waals surface area contributed by atoms with Crippen LogP contribution in [0.15, 0.2) is 48.5 Å². The Morgan fingerprint density at radius 3 is 2.53 bits per heavy atom. The van der Waals surface area contributed by atoms with Crippen molar-refractivity contribution in [2.45, 2.75) is 37.5 Å². The van der Waals surface area contributed by atoms with E-state index in [0.29, 0.717) is 34.8 Å². The molecule has 5 rings (SSSR count). The van der Waals surface area contributed by atoms with Gasteiger partial charge in [0.05, 0.1) is 24.0 Å². The minimum absolute atomic E-state index is 0.310. The lowest BCUT2D eigenvalue weighted by Crippen LogP contribution is -2.54. The highest BCUT2D eigenvalue weighted by Crippen LogP contribution is 2.54. The number of nitrogens with zero attached hydrogens (tertiary/aromatic N) is 1. The zero-order valence-electron chi connectivity index (χ0n) is 17.5. The van der Waals surface area contributed by atoms with Gasteiger partial charge >= 0.3 is 0 Å². The van der Waals surface area contributed by atoms with E-state index >= 15 is 0 Å². The number of hydrogen-bond acceptors (Lipinski definition) is 5. The number of imide groups is 1. The van der Waals surface area contributed by atoms with Gasteiger partial charge in [-0.3, -0.25) is 24.6 Å². The predicted octanol–water partition coefficient (Wildman–Crippen LogP) is 2.59. The molecule has 2 aromatic rings. The lowest BCUT2D eigenvalue weighted by Gasteiger charge is -2.30. The molecule has 5 atom stereocenters. The molecule has 0 bridgehead atoms. The van der Waals surface area contributed by atoms with E-state index in [0.717, 1.165) is 6.42 Å². The van der Waals surface area contributed by atoms with Crippen molar-refractivity contribution in [3.05, 3.63) is 64.7 Å². The molecular formula is C24H24ClN3O4. The van der Waals surface area contributed by atoms with E-state index in [2.05, 4.69) is 10.6 Å². The average molecular weight is 454 g/mol. The van der Waals surface area contributed by atoms with Crippen LogP contribution in [-0.2, 0) is 19.9 Å². The maximum atomic E-state index is 13.6. The molecule has 3 aliphatic rings. The number of fused-ring (bicyclic) bond motifs is 4. The van der Waals surface area contributed by atoms with Gasteiger partial charge in [0.15, 0.2) is 0 Å². The second kappa shape index (κ2) is 7.69. The van der Waals surface area contributed by atoms with Crippen molar-refractivity contribution in [2.75, 3.05) is 11.9 Å². The number of carbonyl (C=O) groups excluding carboxylic acids is 3. The van der Waals surface area contributed by atoms with E-state index < -0.39 is 29.5 Å². The van der Waals surface area contributed by atoms with Gasteiger partial charge in [0.2, 0.25) is 17.7 Å². The summed E-state index contributed by atoms with van der Waals surface area (Å²) in [6, 6.07) is 13.1. The summed E-state index contributed by atoms with van der Waals surface area (Å²) in [5.74, 6) is -2.87. The van der Waals surface area contributed by atoms with Crippen LogP contribution in [0.1, 0.15) is 37.0 Å². The molecule has 2 saturated heterocycles. The molecule has 32 heavy (non-hydrogen) atoms. The second-order valence-corrected chi connectivity index (χ2v) is 9.10. The van der Waals surface area contributed by atoms with Crippen LogP contribution in [0.2, 0.25) is 5.02 Å². The molecule has 2 fully saturated rings. The number of para-hydroxylation sites is 1. The number of carbonyl (C=O) groups is 3. The molecule has 3 amide bonds. The number of hydrogen-bond donors (Lipinski definition) is 3. The zero-order chi connectivity index (χ0) is 22.6. The van der Waals surface area contributed by atoms with Crippen LogP contribution in [0.4, 0.5) is 5.69 Å². The molecule has 166 valence electrons. The minimum atomic E-state index is -1.41. The van der Waals surface area contributed by atoms with E-state index in [1.165, 1.54) is 4.90 Å². The molecule has 2 aromatic carbocycles. The Morgan fingerprint density at radius 1 is 1.09 bits per heavy atom. The van der Waals surface area contributed by atoms with Crippen LogP contribution in [0, 0.1) is 11.8 Å². The van der Waals surface area contributed by atoms with Crippen LogP contribution in [0.3, 0.4) is 0 Å². The normalized spacial score (nSPS) is 29.4. The lowest BCUT2D eigenvalue weighted by molar-refractivity contribution is -0.143. The summed E-state index contributed by atoms with van der Waals surface area (Å²) >= 11 is 5.99. The van der Waals surface area contributed by atoms with E-state index in [4.69, 9.17) is 11.6 Å². The number of aliphatic hydroxyl groups excluding tert-OH is 1.